The number of carbonyl (C=O) groups is 2. The van der Waals surface area contributed by atoms with Gasteiger partial charge in [-0.2, -0.15) is 0 Å². The molecular formula is C22H23N5O3. The van der Waals surface area contributed by atoms with Gasteiger partial charge in [0.1, 0.15) is 11.6 Å². The quantitative estimate of drug-likeness (QED) is 0.592. The molecule has 3 amide bonds. The van der Waals surface area contributed by atoms with Crippen molar-refractivity contribution in [2.24, 2.45) is 0 Å². The number of fused-ring (bicyclic) bond motifs is 1. The van der Waals surface area contributed by atoms with Crippen LogP contribution in [0.1, 0.15) is 38.5 Å². The highest BCUT2D eigenvalue weighted by Gasteiger charge is 2.20. The summed E-state index contributed by atoms with van der Waals surface area (Å²) in [5, 5.41) is 12.1. The lowest BCUT2D eigenvalue weighted by molar-refractivity contribution is -0.116. The van der Waals surface area contributed by atoms with Crippen LogP contribution in [-0.2, 0) is 16.6 Å². The number of hydrogen-bond donors (Lipinski definition) is 3. The number of aromatic nitrogens is 2. The van der Waals surface area contributed by atoms with E-state index in [9.17, 15) is 9.59 Å². The van der Waals surface area contributed by atoms with E-state index < -0.39 is 6.03 Å². The molecular weight excluding hydrogens is 382 g/mol. The van der Waals surface area contributed by atoms with Crippen LogP contribution in [0.3, 0.4) is 0 Å². The number of rotatable bonds is 3. The lowest BCUT2D eigenvalue weighted by atomic mass is 9.93. The molecule has 3 heterocycles. The fraction of sp³-hybridized carbons (Fsp3) is 0.273. The molecule has 1 aliphatic rings. The Morgan fingerprint density at radius 3 is 2.53 bits per heavy atom. The Kier molecular flexibility index (Phi) is 4.99. The SMILES string of the molecule is CC(C)(C)c1cc(NC(=O)Nc2ccc(-c3cnc4c(c3)CCC(=O)N4)cc2)no1. The van der Waals surface area contributed by atoms with Crippen LogP contribution in [0.5, 0.6) is 0 Å². The molecule has 2 aromatic heterocycles. The zero-order valence-corrected chi connectivity index (χ0v) is 17.1. The highest BCUT2D eigenvalue weighted by molar-refractivity contribution is 5.99. The number of anilines is 3. The summed E-state index contributed by atoms with van der Waals surface area (Å²) < 4.78 is 5.27. The summed E-state index contributed by atoms with van der Waals surface area (Å²) in [7, 11) is 0. The third-order valence-electron chi connectivity index (χ3n) is 4.81. The number of carbonyl (C=O) groups excluding carboxylic acids is 2. The molecule has 0 radical (unpaired) electrons. The molecule has 0 aliphatic carbocycles. The van der Waals surface area contributed by atoms with E-state index in [-0.39, 0.29) is 11.3 Å². The fourth-order valence-electron chi connectivity index (χ4n) is 3.13. The molecule has 4 rings (SSSR count). The third kappa shape index (κ3) is 4.32. The Morgan fingerprint density at radius 1 is 1.07 bits per heavy atom. The minimum absolute atomic E-state index is 0.00305. The zero-order valence-electron chi connectivity index (χ0n) is 17.1. The number of nitrogens with zero attached hydrogens (tertiary/aromatic N) is 2. The van der Waals surface area contributed by atoms with Crippen LogP contribution in [0, 0.1) is 0 Å². The van der Waals surface area contributed by atoms with Gasteiger partial charge in [0, 0.05) is 35.3 Å². The van der Waals surface area contributed by atoms with Crippen LogP contribution in [-0.4, -0.2) is 22.1 Å². The molecule has 154 valence electrons. The van der Waals surface area contributed by atoms with Gasteiger partial charge < -0.3 is 15.2 Å². The molecule has 0 unspecified atom stereocenters. The fourth-order valence-corrected chi connectivity index (χ4v) is 3.13. The number of urea groups is 1. The largest absolute Gasteiger partial charge is 0.359 e. The van der Waals surface area contributed by atoms with Crippen LogP contribution < -0.4 is 16.0 Å². The molecule has 0 saturated heterocycles. The summed E-state index contributed by atoms with van der Waals surface area (Å²) in [6.07, 6.45) is 2.89. The van der Waals surface area contributed by atoms with Gasteiger partial charge in [-0.15, -0.1) is 0 Å². The van der Waals surface area contributed by atoms with E-state index in [1.165, 1.54) is 0 Å². The van der Waals surface area contributed by atoms with Gasteiger partial charge in [0.2, 0.25) is 5.91 Å². The molecule has 30 heavy (non-hydrogen) atoms. The van der Waals surface area contributed by atoms with Crippen molar-refractivity contribution in [1.82, 2.24) is 10.1 Å². The normalized spacial score (nSPS) is 13.4. The second-order valence-corrected chi connectivity index (χ2v) is 8.26. The summed E-state index contributed by atoms with van der Waals surface area (Å²) in [6.45, 7) is 6.02. The van der Waals surface area contributed by atoms with Crippen molar-refractivity contribution in [3.63, 3.8) is 0 Å². The molecule has 3 aromatic rings. The van der Waals surface area contributed by atoms with Crippen LogP contribution in [0.4, 0.5) is 22.1 Å². The number of hydrogen-bond acceptors (Lipinski definition) is 5. The molecule has 0 spiro atoms. The summed E-state index contributed by atoms with van der Waals surface area (Å²) in [6, 6.07) is 10.8. The Bertz CT molecular complexity index is 1100. The summed E-state index contributed by atoms with van der Waals surface area (Å²) in [5.41, 5.74) is 3.42. The van der Waals surface area contributed by atoms with Crippen LogP contribution in [0.15, 0.2) is 47.1 Å². The van der Waals surface area contributed by atoms with E-state index >= 15 is 0 Å². The molecule has 8 nitrogen and oxygen atoms in total. The Labute approximate surface area is 174 Å². The van der Waals surface area contributed by atoms with Crippen LogP contribution in [0.25, 0.3) is 11.1 Å². The number of pyridine rings is 1. The molecule has 0 atom stereocenters. The van der Waals surface area contributed by atoms with Gasteiger partial charge in [0.25, 0.3) is 0 Å². The Balaban J connectivity index is 1.41. The van der Waals surface area contributed by atoms with Crippen molar-refractivity contribution in [3.05, 3.63) is 53.9 Å². The zero-order chi connectivity index (χ0) is 21.3. The van der Waals surface area contributed by atoms with Crippen molar-refractivity contribution in [3.8, 4) is 11.1 Å². The average Bonchev–Trinajstić information content (AvgIpc) is 3.17. The monoisotopic (exact) mass is 405 g/mol. The first-order valence-electron chi connectivity index (χ1n) is 9.72. The number of aryl methyl sites for hydroxylation is 1. The maximum absolute atomic E-state index is 12.2. The van der Waals surface area contributed by atoms with Gasteiger partial charge in [-0.25, -0.2) is 9.78 Å². The smallest absolute Gasteiger partial charge is 0.324 e. The maximum atomic E-state index is 12.2. The van der Waals surface area contributed by atoms with E-state index in [0.717, 1.165) is 16.7 Å². The second kappa shape index (κ2) is 7.62. The van der Waals surface area contributed by atoms with E-state index in [0.29, 0.717) is 35.9 Å². The lowest BCUT2D eigenvalue weighted by Gasteiger charge is -2.16. The van der Waals surface area contributed by atoms with Crippen LogP contribution in [0.2, 0.25) is 0 Å². The summed E-state index contributed by atoms with van der Waals surface area (Å²) in [5.74, 6) is 1.69. The topological polar surface area (TPSA) is 109 Å². The standard InChI is InChI=1S/C22H23N5O3/c1-22(2,3)17-11-18(27-30-17)25-21(29)24-16-7-4-13(5-8-16)15-10-14-6-9-19(28)26-20(14)23-12-15/h4-5,7-8,10-12H,6,9H2,1-3H3,(H,23,26,28)(H2,24,25,27,29). The third-order valence-corrected chi connectivity index (χ3v) is 4.81. The van der Waals surface area contributed by atoms with E-state index in [1.807, 2.05) is 51.1 Å². The van der Waals surface area contributed by atoms with Gasteiger partial charge in [-0.3, -0.25) is 10.1 Å². The first kappa shape index (κ1) is 19.6. The molecule has 3 N–H and O–H groups in total. The van der Waals surface area contributed by atoms with Crippen molar-refractivity contribution in [2.75, 3.05) is 16.0 Å². The summed E-state index contributed by atoms with van der Waals surface area (Å²) in [4.78, 5) is 28.1. The predicted molar refractivity (Wildman–Crippen MR) is 114 cm³/mol. The Hall–Kier alpha value is -3.68. The average molecular weight is 405 g/mol. The maximum Gasteiger partial charge on any atom is 0.324 e. The molecule has 0 saturated carbocycles. The van der Waals surface area contributed by atoms with Crippen molar-refractivity contribution < 1.29 is 14.1 Å². The lowest BCUT2D eigenvalue weighted by Crippen LogP contribution is -2.20. The van der Waals surface area contributed by atoms with E-state index in [1.54, 1.807) is 12.3 Å². The van der Waals surface area contributed by atoms with Gasteiger partial charge in [-0.05, 0) is 35.7 Å². The summed E-state index contributed by atoms with van der Waals surface area (Å²) >= 11 is 0. The number of benzene rings is 1. The number of nitrogens with one attached hydrogen (secondary N) is 3. The van der Waals surface area contributed by atoms with Crippen molar-refractivity contribution >= 4 is 29.3 Å². The highest BCUT2D eigenvalue weighted by atomic mass is 16.5. The molecule has 8 heteroatoms. The first-order valence-corrected chi connectivity index (χ1v) is 9.72. The highest BCUT2D eigenvalue weighted by Crippen LogP contribution is 2.28. The molecule has 0 fully saturated rings. The van der Waals surface area contributed by atoms with Crippen molar-refractivity contribution in [2.45, 2.75) is 39.0 Å². The number of amides is 3. The minimum atomic E-state index is -0.400. The Morgan fingerprint density at radius 2 is 1.83 bits per heavy atom. The van der Waals surface area contributed by atoms with Gasteiger partial charge in [0.15, 0.2) is 5.82 Å². The van der Waals surface area contributed by atoms with Gasteiger partial charge >= 0.3 is 6.03 Å². The second-order valence-electron chi connectivity index (χ2n) is 8.26. The molecule has 1 aromatic carbocycles. The van der Waals surface area contributed by atoms with E-state index in [4.69, 9.17) is 4.52 Å². The van der Waals surface area contributed by atoms with Gasteiger partial charge in [0.05, 0.1) is 0 Å². The van der Waals surface area contributed by atoms with Crippen LogP contribution >= 0.6 is 0 Å². The first-order chi connectivity index (χ1) is 14.3. The molecule has 1 aliphatic heterocycles. The molecule has 0 bridgehead atoms. The predicted octanol–water partition coefficient (Wildman–Crippen LogP) is 4.56. The van der Waals surface area contributed by atoms with Gasteiger partial charge in [-0.1, -0.05) is 38.1 Å². The van der Waals surface area contributed by atoms with E-state index in [2.05, 4.69) is 26.1 Å². The minimum Gasteiger partial charge on any atom is -0.359 e. The van der Waals surface area contributed by atoms with Crippen molar-refractivity contribution in [1.29, 1.82) is 0 Å².